The molecule has 0 aromatic heterocycles. The van der Waals surface area contributed by atoms with Crippen LogP contribution in [0.5, 0.6) is 5.75 Å². The Morgan fingerprint density at radius 3 is 2.33 bits per heavy atom. The maximum atomic E-state index is 12.6. The molecule has 2 aromatic carbocycles. The van der Waals surface area contributed by atoms with Crippen molar-refractivity contribution < 1.29 is 9.53 Å². The minimum Gasteiger partial charge on any atom is -0.491 e. The van der Waals surface area contributed by atoms with Gasteiger partial charge in [-0.15, -0.1) is 0 Å². The van der Waals surface area contributed by atoms with E-state index in [4.69, 9.17) is 4.74 Å². The van der Waals surface area contributed by atoms with Gasteiger partial charge in [0.05, 0.1) is 6.04 Å². The average molecular weight is 324 g/mol. The second kappa shape index (κ2) is 7.97. The molecule has 3 rings (SSSR count). The van der Waals surface area contributed by atoms with Crippen LogP contribution in [0, 0.1) is 11.8 Å². The molecule has 2 aromatic rings. The number of benzene rings is 2. The van der Waals surface area contributed by atoms with Gasteiger partial charge in [0.25, 0.3) is 0 Å². The molecule has 126 valence electrons. The molecule has 2 N–H and O–H groups in total. The third-order valence-electron chi connectivity index (χ3n) is 4.61. The summed E-state index contributed by atoms with van der Waals surface area (Å²) in [4.78, 5) is 12.6. The Labute approximate surface area is 143 Å². The number of amides is 1. The van der Waals surface area contributed by atoms with Gasteiger partial charge in [0.15, 0.2) is 0 Å². The lowest BCUT2D eigenvalue weighted by Crippen LogP contribution is -2.50. The molecule has 24 heavy (non-hydrogen) atoms. The quantitative estimate of drug-likeness (QED) is 0.823. The topological polar surface area (TPSA) is 50.4 Å². The lowest BCUT2D eigenvalue weighted by Gasteiger charge is -2.32. The number of hydrogen-bond donors (Lipinski definition) is 2. The first kappa shape index (κ1) is 16.5. The lowest BCUT2D eigenvalue weighted by atomic mass is 9.88. The molecule has 2 atom stereocenters. The van der Waals surface area contributed by atoms with Gasteiger partial charge in [0.2, 0.25) is 5.91 Å². The molecule has 0 spiro atoms. The highest BCUT2D eigenvalue weighted by Gasteiger charge is 2.30. The van der Waals surface area contributed by atoms with Crippen LogP contribution in [0.1, 0.15) is 18.5 Å². The summed E-state index contributed by atoms with van der Waals surface area (Å²) in [5.41, 5.74) is 1.06. The van der Waals surface area contributed by atoms with Crippen molar-refractivity contribution in [2.45, 2.75) is 13.0 Å². The van der Waals surface area contributed by atoms with Gasteiger partial charge < -0.3 is 15.4 Å². The highest BCUT2D eigenvalue weighted by Crippen LogP contribution is 2.20. The summed E-state index contributed by atoms with van der Waals surface area (Å²) in [6, 6.07) is 19.5. The van der Waals surface area contributed by atoms with Crippen molar-refractivity contribution in [1.29, 1.82) is 0 Å². The first-order valence-electron chi connectivity index (χ1n) is 8.48. The standard InChI is InChI=1S/C20H24N2O2/c1-15(17-12-21-13-17)20(23)22-19(16-8-4-2-5-9-16)14-24-18-10-6-3-7-11-18/h2-11,15,17,19,21H,12-14H2,1H3,(H,22,23). The molecule has 0 radical (unpaired) electrons. The molecule has 1 saturated heterocycles. The maximum Gasteiger partial charge on any atom is 0.223 e. The molecular weight excluding hydrogens is 300 g/mol. The Kier molecular flexibility index (Phi) is 5.49. The summed E-state index contributed by atoms with van der Waals surface area (Å²) in [7, 11) is 0. The number of para-hydroxylation sites is 1. The molecule has 2 unspecified atom stereocenters. The third-order valence-corrected chi connectivity index (χ3v) is 4.61. The van der Waals surface area contributed by atoms with E-state index in [-0.39, 0.29) is 17.9 Å². The zero-order chi connectivity index (χ0) is 16.8. The molecule has 0 aliphatic carbocycles. The van der Waals surface area contributed by atoms with Gasteiger partial charge >= 0.3 is 0 Å². The van der Waals surface area contributed by atoms with Crippen molar-refractivity contribution in [2.24, 2.45) is 11.8 Å². The molecule has 1 fully saturated rings. The van der Waals surface area contributed by atoms with E-state index in [1.54, 1.807) is 0 Å². The zero-order valence-electron chi connectivity index (χ0n) is 13.9. The third kappa shape index (κ3) is 4.15. The van der Waals surface area contributed by atoms with Gasteiger partial charge in [0, 0.05) is 5.92 Å². The SMILES string of the molecule is CC(C(=O)NC(COc1ccccc1)c1ccccc1)C1CNC1. The highest BCUT2D eigenvalue weighted by atomic mass is 16.5. The lowest BCUT2D eigenvalue weighted by molar-refractivity contribution is -0.127. The van der Waals surface area contributed by atoms with Crippen LogP contribution < -0.4 is 15.4 Å². The van der Waals surface area contributed by atoms with Crippen molar-refractivity contribution in [3.05, 3.63) is 66.2 Å². The van der Waals surface area contributed by atoms with Crippen LogP contribution in [0.4, 0.5) is 0 Å². The Morgan fingerprint density at radius 1 is 1.12 bits per heavy atom. The minimum absolute atomic E-state index is 0.00851. The van der Waals surface area contributed by atoms with E-state index < -0.39 is 0 Å². The summed E-state index contributed by atoms with van der Waals surface area (Å²) in [5.74, 6) is 1.33. The van der Waals surface area contributed by atoms with Gasteiger partial charge in [-0.2, -0.15) is 0 Å². The summed E-state index contributed by atoms with van der Waals surface area (Å²) < 4.78 is 5.88. The molecule has 0 saturated carbocycles. The van der Waals surface area contributed by atoms with Gasteiger partial charge in [0.1, 0.15) is 12.4 Å². The van der Waals surface area contributed by atoms with Crippen LogP contribution in [-0.4, -0.2) is 25.6 Å². The number of carbonyl (C=O) groups is 1. The van der Waals surface area contributed by atoms with E-state index in [0.717, 1.165) is 24.4 Å². The van der Waals surface area contributed by atoms with Crippen molar-refractivity contribution >= 4 is 5.91 Å². The number of ether oxygens (including phenoxy) is 1. The van der Waals surface area contributed by atoms with E-state index in [2.05, 4.69) is 10.6 Å². The zero-order valence-corrected chi connectivity index (χ0v) is 13.9. The summed E-state index contributed by atoms with van der Waals surface area (Å²) >= 11 is 0. The van der Waals surface area contributed by atoms with Gasteiger partial charge in [-0.05, 0) is 36.7 Å². The molecular formula is C20H24N2O2. The Bertz CT molecular complexity index is 641. The maximum absolute atomic E-state index is 12.6. The fourth-order valence-corrected chi connectivity index (χ4v) is 2.78. The van der Waals surface area contributed by atoms with Crippen LogP contribution in [0.15, 0.2) is 60.7 Å². The minimum atomic E-state index is -0.158. The molecule has 1 aliphatic heterocycles. The molecule has 1 aliphatic rings. The second-order valence-electron chi connectivity index (χ2n) is 6.30. The molecule has 4 nitrogen and oxygen atoms in total. The van der Waals surface area contributed by atoms with E-state index in [1.807, 2.05) is 67.6 Å². The fraction of sp³-hybridized carbons (Fsp3) is 0.350. The highest BCUT2D eigenvalue weighted by molar-refractivity contribution is 5.79. The van der Waals surface area contributed by atoms with Crippen molar-refractivity contribution in [2.75, 3.05) is 19.7 Å². The summed E-state index contributed by atoms with van der Waals surface area (Å²) in [6.07, 6.45) is 0. The van der Waals surface area contributed by atoms with Gasteiger partial charge in [-0.1, -0.05) is 55.5 Å². The molecule has 1 amide bonds. The largest absolute Gasteiger partial charge is 0.491 e. The van der Waals surface area contributed by atoms with Crippen LogP contribution in [0.25, 0.3) is 0 Å². The van der Waals surface area contributed by atoms with Crippen LogP contribution in [-0.2, 0) is 4.79 Å². The smallest absolute Gasteiger partial charge is 0.223 e. The van der Waals surface area contributed by atoms with Gasteiger partial charge in [-0.3, -0.25) is 4.79 Å². The number of nitrogens with one attached hydrogen (secondary N) is 2. The summed E-state index contributed by atoms with van der Waals surface area (Å²) in [6.45, 7) is 4.26. The van der Waals surface area contributed by atoms with Crippen LogP contribution in [0.3, 0.4) is 0 Å². The Balaban J connectivity index is 1.66. The average Bonchev–Trinajstić information content (AvgIpc) is 2.58. The summed E-state index contributed by atoms with van der Waals surface area (Å²) in [5, 5.41) is 6.38. The first-order valence-corrected chi connectivity index (χ1v) is 8.48. The second-order valence-corrected chi connectivity index (χ2v) is 6.30. The van der Waals surface area contributed by atoms with E-state index >= 15 is 0 Å². The number of carbonyl (C=O) groups excluding carboxylic acids is 1. The monoisotopic (exact) mass is 324 g/mol. The first-order chi connectivity index (χ1) is 11.7. The van der Waals surface area contributed by atoms with Crippen molar-refractivity contribution in [1.82, 2.24) is 10.6 Å². The van der Waals surface area contributed by atoms with E-state index in [9.17, 15) is 4.79 Å². The number of rotatable bonds is 7. The van der Waals surface area contributed by atoms with Crippen molar-refractivity contribution in [3.63, 3.8) is 0 Å². The van der Waals surface area contributed by atoms with Gasteiger partial charge in [-0.25, -0.2) is 0 Å². The normalized spacial score (nSPS) is 16.7. The number of hydrogen-bond acceptors (Lipinski definition) is 3. The van der Waals surface area contributed by atoms with Crippen molar-refractivity contribution in [3.8, 4) is 5.75 Å². The van der Waals surface area contributed by atoms with Crippen LogP contribution in [0.2, 0.25) is 0 Å². The molecule has 1 heterocycles. The fourth-order valence-electron chi connectivity index (χ4n) is 2.78. The Morgan fingerprint density at radius 2 is 1.75 bits per heavy atom. The molecule has 4 heteroatoms. The predicted octanol–water partition coefficient (Wildman–Crippen LogP) is 2.78. The van der Waals surface area contributed by atoms with Crippen LogP contribution >= 0.6 is 0 Å². The molecule has 0 bridgehead atoms. The van der Waals surface area contributed by atoms with E-state index in [0.29, 0.717) is 12.5 Å². The predicted molar refractivity (Wildman–Crippen MR) is 94.8 cm³/mol. The Hall–Kier alpha value is -2.33. The van der Waals surface area contributed by atoms with E-state index in [1.165, 1.54) is 0 Å².